The van der Waals surface area contributed by atoms with Crippen LogP contribution in [0.5, 0.6) is 0 Å². The molecule has 0 saturated carbocycles. The Morgan fingerprint density at radius 2 is 1.74 bits per heavy atom. The van der Waals surface area contributed by atoms with Crippen molar-refractivity contribution in [3.63, 3.8) is 0 Å². The number of methoxy groups -OCH3 is 1. The fraction of sp³-hybridized carbons (Fsp3) is 0.714. The summed E-state index contributed by atoms with van der Waals surface area (Å²) in [6, 6.07) is 1.07. The average Bonchev–Trinajstić information content (AvgIpc) is 3.10. The first-order chi connectivity index (χ1) is 15.5. The number of nitrogens with zero attached hydrogens (tertiary/aromatic N) is 7. The number of ether oxygens (including phenoxy) is 1. The zero-order valence-corrected chi connectivity index (χ0v) is 21.9. The standard InChI is InChI=1S/C21H32F3N7OS.ClH/c1-20(2,3)18-25-15(21(22,23)24)13-16(26-18)31-10-8-30(9-11-31)7-6-12-33-19-28-27-17(14-32-5)29(19)4;/h13H,6-12,14H2,1-5H3;1H. The molecule has 0 aliphatic carbocycles. The molecule has 3 heterocycles. The second-order valence-corrected chi connectivity index (χ2v) is 10.2. The highest BCUT2D eigenvalue weighted by molar-refractivity contribution is 7.99. The summed E-state index contributed by atoms with van der Waals surface area (Å²) < 4.78 is 47.2. The molecule has 0 radical (unpaired) electrons. The van der Waals surface area contributed by atoms with E-state index in [1.807, 2.05) is 37.3 Å². The molecule has 0 amide bonds. The highest BCUT2D eigenvalue weighted by Gasteiger charge is 2.36. The van der Waals surface area contributed by atoms with Crippen LogP contribution in [-0.4, -0.2) is 75.2 Å². The summed E-state index contributed by atoms with van der Waals surface area (Å²) >= 11 is 1.66. The lowest BCUT2D eigenvalue weighted by molar-refractivity contribution is -0.141. The van der Waals surface area contributed by atoms with Crippen molar-refractivity contribution in [1.82, 2.24) is 29.6 Å². The van der Waals surface area contributed by atoms with Gasteiger partial charge in [-0.2, -0.15) is 13.2 Å². The van der Waals surface area contributed by atoms with Crippen LogP contribution in [0.1, 0.15) is 44.5 Å². The minimum Gasteiger partial charge on any atom is -0.377 e. The lowest BCUT2D eigenvalue weighted by Crippen LogP contribution is -2.47. The zero-order valence-electron chi connectivity index (χ0n) is 20.2. The largest absolute Gasteiger partial charge is 0.433 e. The lowest BCUT2D eigenvalue weighted by atomic mass is 9.95. The maximum Gasteiger partial charge on any atom is 0.433 e. The molecule has 0 unspecified atom stereocenters. The van der Waals surface area contributed by atoms with Gasteiger partial charge in [0.15, 0.2) is 11.0 Å². The quantitative estimate of drug-likeness (QED) is 0.382. The summed E-state index contributed by atoms with van der Waals surface area (Å²) in [6.07, 6.45) is -3.51. The summed E-state index contributed by atoms with van der Waals surface area (Å²) in [6.45, 7) is 9.65. The van der Waals surface area contributed by atoms with Gasteiger partial charge in [-0.3, -0.25) is 4.90 Å². The molecule has 0 atom stereocenters. The third-order valence-electron chi connectivity index (χ3n) is 5.42. The molecule has 0 bridgehead atoms. The second kappa shape index (κ2) is 11.9. The van der Waals surface area contributed by atoms with E-state index in [0.29, 0.717) is 25.5 Å². The van der Waals surface area contributed by atoms with Crippen molar-refractivity contribution in [2.24, 2.45) is 7.05 Å². The first kappa shape index (κ1) is 28.6. The molecule has 13 heteroatoms. The van der Waals surface area contributed by atoms with Crippen molar-refractivity contribution in [3.8, 4) is 0 Å². The summed E-state index contributed by atoms with van der Waals surface area (Å²) in [5.41, 5.74) is -1.45. The van der Waals surface area contributed by atoms with E-state index >= 15 is 0 Å². The van der Waals surface area contributed by atoms with Gasteiger partial charge in [0.2, 0.25) is 0 Å². The normalized spacial score (nSPS) is 15.5. The van der Waals surface area contributed by atoms with E-state index in [-0.39, 0.29) is 18.2 Å². The van der Waals surface area contributed by atoms with Crippen LogP contribution < -0.4 is 4.90 Å². The number of hydrogen-bond acceptors (Lipinski definition) is 8. The van der Waals surface area contributed by atoms with Gasteiger partial charge in [-0.25, -0.2) is 9.97 Å². The summed E-state index contributed by atoms with van der Waals surface area (Å²) in [5, 5.41) is 9.18. The van der Waals surface area contributed by atoms with Crippen molar-refractivity contribution >= 4 is 30.0 Å². The van der Waals surface area contributed by atoms with Crippen molar-refractivity contribution in [2.45, 2.75) is 50.5 Å². The molecule has 34 heavy (non-hydrogen) atoms. The minimum atomic E-state index is -4.50. The van der Waals surface area contributed by atoms with E-state index in [4.69, 9.17) is 4.74 Å². The SMILES string of the molecule is COCc1nnc(SCCCN2CCN(c3cc(C(F)(F)F)nc(C(C)(C)C)n3)CC2)n1C.Cl. The summed E-state index contributed by atoms with van der Waals surface area (Å²) in [5.74, 6) is 2.27. The summed E-state index contributed by atoms with van der Waals surface area (Å²) in [4.78, 5) is 12.5. The number of aromatic nitrogens is 5. The number of halogens is 4. The van der Waals surface area contributed by atoms with E-state index in [2.05, 4.69) is 25.1 Å². The molecule has 1 aliphatic heterocycles. The molecule has 1 aliphatic rings. The van der Waals surface area contributed by atoms with E-state index in [0.717, 1.165) is 48.9 Å². The van der Waals surface area contributed by atoms with E-state index in [9.17, 15) is 13.2 Å². The predicted molar refractivity (Wildman–Crippen MR) is 129 cm³/mol. The number of anilines is 1. The van der Waals surface area contributed by atoms with Crippen molar-refractivity contribution < 1.29 is 17.9 Å². The Bertz CT molecular complexity index is 896. The second-order valence-electron chi connectivity index (χ2n) is 9.10. The van der Waals surface area contributed by atoms with Crippen LogP contribution in [0, 0.1) is 0 Å². The minimum absolute atomic E-state index is 0. The van der Waals surface area contributed by atoms with Crippen LogP contribution in [0.25, 0.3) is 0 Å². The van der Waals surface area contributed by atoms with Crippen molar-refractivity contribution in [1.29, 1.82) is 0 Å². The van der Waals surface area contributed by atoms with Gasteiger partial charge >= 0.3 is 6.18 Å². The van der Waals surface area contributed by atoms with Crippen molar-refractivity contribution in [3.05, 3.63) is 23.4 Å². The molecule has 1 saturated heterocycles. The highest BCUT2D eigenvalue weighted by Crippen LogP contribution is 2.32. The van der Waals surface area contributed by atoms with Crippen LogP contribution in [-0.2, 0) is 30.0 Å². The Kier molecular flexibility index (Phi) is 9.99. The molecule has 192 valence electrons. The van der Waals surface area contributed by atoms with E-state index < -0.39 is 17.3 Å². The Morgan fingerprint density at radius 1 is 1.06 bits per heavy atom. The van der Waals surface area contributed by atoms with Crippen LogP contribution in [0.15, 0.2) is 11.2 Å². The fourth-order valence-corrected chi connectivity index (χ4v) is 4.31. The van der Waals surface area contributed by atoms with Crippen LogP contribution in [0.4, 0.5) is 19.0 Å². The van der Waals surface area contributed by atoms with Gasteiger partial charge in [-0.05, 0) is 13.0 Å². The number of thioether (sulfide) groups is 1. The number of alkyl halides is 3. The first-order valence-corrected chi connectivity index (χ1v) is 11.9. The van der Waals surface area contributed by atoms with Crippen LogP contribution in [0.3, 0.4) is 0 Å². The maximum absolute atomic E-state index is 13.4. The number of hydrogen-bond donors (Lipinski definition) is 0. The van der Waals surface area contributed by atoms with Gasteiger partial charge < -0.3 is 14.2 Å². The van der Waals surface area contributed by atoms with Crippen LogP contribution in [0.2, 0.25) is 0 Å². The Labute approximate surface area is 209 Å². The molecule has 0 aromatic carbocycles. The number of rotatable bonds is 8. The van der Waals surface area contributed by atoms with E-state index in [1.54, 1.807) is 18.9 Å². The molecule has 2 aromatic rings. The van der Waals surface area contributed by atoms with Gasteiger partial charge in [0, 0.05) is 57.6 Å². The zero-order chi connectivity index (χ0) is 24.2. The monoisotopic (exact) mass is 523 g/mol. The van der Waals surface area contributed by atoms with Gasteiger partial charge in [-0.15, -0.1) is 22.6 Å². The average molecular weight is 524 g/mol. The number of piperazine rings is 1. The highest BCUT2D eigenvalue weighted by atomic mass is 35.5. The van der Waals surface area contributed by atoms with Gasteiger partial charge in [-0.1, -0.05) is 32.5 Å². The molecule has 0 N–H and O–H groups in total. The molecule has 3 rings (SSSR count). The Hall–Kier alpha value is -1.63. The summed E-state index contributed by atoms with van der Waals surface area (Å²) in [7, 11) is 3.56. The third kappa shape index (κ3) is 7.43. The smallest absolute Gasteiger partial charge is 0.377 e. The molecular formula is C21H33ClF3N7OS. The van der Waals surface area contributed by atoms with Gasteiger partial charge in [0.1, 0.15) is 23.9 Å². The molecular weight excluding hydrogens is 491 g/mol. The maximum atomic E-state index is 13.4. The first-order valence-electron chi connectivity index (χ1n) is 10.9. The Morgan fingerprint density at radius 3 is 2.32 bits per heavy atom. The van der Waals surface area contributed by atoms with Gasteiger partial charge in [0.25, 0.3) is 0 Å². The third-order valence-corrected chi connectivity index (χ3v) is 6.53. The molecule has 2 aromatic heterocycles. The fourth-order valence-electron chi connectivity index (χ4n) is 3.45. The molecule has 0 spiro atoms. The van der Waals surface area contributed by atoms with Crippen molar-refractivity contribution in [2.75, 3.05) is 50.5 Å². The lowest BCUT2D eigenvalue weighted by Gasteiger charge is -2.36. The topological polar surface area (TPSA) is 72.2 Å². The van der Waals surface area contributed by atoms with E-state index in [1.165, 1.54) is 0 Å². The molecule has 8 nitrogen and oxygen atoms in total. The van der Waals surface area contributed by atoms with Crippen LogP contribution >= 0.6 is 24.2 Å². The predicted octanol–water partition coefficient (Wildman–Crippen LogP) is 3.79. The molecule has 1 fully saturated rings. The Balaban J connectivity index is 0.00000408. The van der Waals surface area contributed by atoms with Gasteiger partial charge in [0.05, 0.1) is 0 Å².